The average molecular weight is 262 g/mol. The average Bonchev–Trinajstić information content (AvgIpc) is 2.85. The van der Waals surface area contributed by atoms with Crippen LogP contribution in [0.4, 0.5) is 0 Å². The van der Waals surface area contributed by atoms with E-state index in [4.69, 9.17) is 9.84 Å². The Morgan fingerprint density at radius 3 is 3.00 bits per heavy atom. The summed E-state index contributed by atoms with van der Waals surface area (Å²) in [7, 11) is 0. The van der Waals surface area contributed by atoms with Crippen LogP contribution < -0.4 is 4.74 Å². The third-order valence-corrected chi connectivity index (χ3v) is 2.51. The number of nitrogens with zero attached hydrogens (tertiary/aromatic N) is 4. The van der Waals surface area contributed by atoms with Crippen molar-refractivity contribution in [3.63, 3.8) is 0 Å². The standard InChI is InChI=1S/C12H14N4O3/c1-8(2)16-11(14-7-15-16)6-19-10-5-13-4-3-9(10)12(17)18/h3-5,7-8H,6H2,1-2H3,(H,17,18). The molecule has 0 unspecified atom stereocenters. The van der Waals surface area contributed by atoms with Crippen molar-refractivity contribution in [3.05, 3.63) is 36.2 Å². The molecule has 0 radical (unpaired) electrons. The van der Waals surface area contributed by atoms with Crippen LogP contribution in [-0.4, -0.2) is 30.8 Å². The fourth-order valence-electron chi connectivity index (χ4n) is 1.62. The zero-order chi connectivity index (χ0) is 13.8. The Hall–Kier alpha value is -2.44. The molecule has 0 aliphatic heterocycles. The minimum absolute atomic E-state index is 0.0746. The molecule has 0 amide bonds. The monoisotopic (exact) mass is 262 g/mol. The molecule has 0 saturated carbocycles. The van der Waals surface area contributed by atoms with Gasteiger partial charge in [0.1, 0.15) is 18.5 Å². The normalized spacial score (nSPS) is 10.7. The molecule has 19 heavy (non-hydrogen) atoms. The van der Waals surface area contributed by atoms with E-state index in [1.165, 1.54) is 24.8 Å². The Morgan fingerprint density at radius 1 is 1.53 bits per heavy atom. The van der Waals surface area contributed by atoms with Gasteiger partial charge in [0.2, 0.25) is 0 Å². The van der Waals surface area contributed by atoms with E-state index < -0.39 is 5.97 Å². The molecule has 0 atom stereocenters. The van der Waals surface area contributed by atoms with Crippen LogP contribution in [0.15, 0.2) is 24.8 Å². The largest absolute Gasteiger partial charge is 0.483 e. The van der Waals surface area contributed by atoms with E-state index in [-0.39, 0.29) is 24.0 Å². The van der Waals surface area contributed by atoms with Crippen LogP contribution in [0.25, 0.3) is 0 Å². The van der Waals surface area contributed by atoms with Gasteiger partial charge in [0.25, 0.3) is 0 Å². The quantitative estimate of drug-likeness (QED) is 0.878. The number of rotatable bonds is 5. The summed E-state index contributed by atoms with van der Waals surface area (Å²) >= 11 is 0. The molecule has 2 aromatic heterocycles. The fourth-order valence-corrected chi connectivity index (χ4v) is 1.62. The third kappa shape index (κ3) is 2.87. The smallest absolute Gasteiger partial charge is 0.339 e. The molecule has 0 aromatic carbocycles. The van der Waals surface area contributed by atoms with Crippen LogP contribution in [0.5, 0.6) is 5.75 Å². The summed E-state index contributed by atoms with van der Waals surface area (Å²) in [5.41, 5.74) is 0.0746. The number of hydrogen-bond donors (Lipinski definition) is 1. The van der Waals surface area contributed by atoms with Gasteiger partial charge in [0, 0.05) is 12.2 Å². The van der Waals surface area contributed by atoms with E-state index in [9.17, 15) is 4.79 Å². The minimum atomic E-state index is -1.05. The zero-order valence-corrected chi connectivity index (χ0v) is 10.6. The first-order chi connectivity index (χ1) is 9.09. The molecule has 0 aliphatic rings. The lowest BCUT2D eigenvalue weighted by molar-refractivity contribution is 0.0691. The van der Waals surface area contributed by atoms with Crippen LogP contribution in [0, 0.1) is 0 Å². The van der Waals surface area contributed by atoms with E-state index in [1.807, 2.05) is 13.8 Å². The van der Waals surface area contributed by atoms with E-state index >= 15 is 0 Å². The van der Waals surface area contributed by atoms with Gasteiger partial charge in [-0.3, -0.25) is 4.98 Å². The van der Waals surface area contributed by atoms with Crippen LogP contribution in [-0.2, 0) is 6.61 Å². The second-order valence-electron chi connectivity index (χ2n) is 4.18. The number of carbonyl (C=O) groups is 1. The van der Waals surface area contributed by atoms with E-state index in [0.717, 1.165) is 0 Å². The Morgan fingerprint density at radius 2 is 2.32 bits per heavy atom. The van der Waals surface area contributed by atoms with Crippen molar-refractivity contribution < 1.29 is 14.6 Å². The maximum atomic E-state index is 11.0. The lowest BCUT2D eigenvalue weighted by Crippen LogP contribution is -2.12. The Balaban J connectivity index is 2.15. The van der Waals surface area contributed by atoms with Crippen LogP contribution in [0.3, 0.4) is 0 Å². The topological polar surface area (TPSA) is 90.1 Å². The maximum absolute atomic E-state index is 11.0. The first-order valence-electron chi connectivity index (χ1n) is 5.78. The summed E-state index contributed by atoms with van der Waals surface area (Å²) in [6.45, 7) is 4.10. The minimum Gasteiger partial charge on any atom is -0.483 e. The van der Waals surface area contributed by atoms with Crippen LogP contribution >= 0.6 is 0 Å². The lowest BCUT2D eigenvalue weighted by atomic mass is 10.2. The van der Waals surface area contributed by atoms with Crippen molar-refractivity contribution in [1.29, 1.82) is 0 Å². The van der Waals surface area contributed by atoms with Gasteiger partial charge in [-0.15, -0.1) is 0 Å². The van der Waals surface area contributed by atoms with Crippen molar-refractivity contribution in [3.8, 4) is 5.75 Å². The fraction of sp³-hybridized carbons (Fsp3) is 0.333. The second-order valence-corrected chi connectivity index (χ2v) is 4.18. The Labute approximate surface area is 109 Å². The van der Waals surface area contributed by atoms with E-state index in [1.54, 1.807) is 4.68 Å². The molecule has 0 saturated heterocycles. The summed E-state index contributed by atoms with van der Waals surface area (Å²) in [4.78, 5) is 19.0. The van der Waals surface area contributed by atoms with Crippen LogP contribution in [0.1, 0.15) is 36.1 Å². The summed E-state index contributed by atoms with van der Waals surface area (Å²) < 4.78 is 7.19. The highest BCUT2D eigenvalue weighted by molar-refractivity contribution is 5.90. The molecule has 7 heteroatoms. The van der Waals surface area contributed by atoms with Crippen molar-refractivity contribution in [2.75, 3.05) is 0 Å². The number of hydrogen-bond acceptors (Lipinski definition) is 5. The molecule has 1 N–H and O–H groups in total. The number of carboxylic acid groups (broad SMARTS) is 1. The number of aromatic carboxylic acids is 1. The maximum Gasteiger partial charge on any atom is 0.339 e. The summed E-state index contributed by atoms with van der Waals surface area (Å²) in [5, 5.41) is 13.1. The highest BCUT2D eigenvalue weighted by atomic mass is 16.5. The van der Waals surface area contributed by atoms with E-state index in [0.29, 0.717) is 5.82 Å². The molecular formula is C12H14N4O3. The summed E-state index contributed by atoms with van der Waals surface area (Å²) in [6.07, 6.45) is 4.23. The number of carboxylic acids is 1. The lowest BCUT2D eigenvalue weighted by Gasteiger charge is -2.11. The van der Waals surface area contributed by atoms with Gasteiger partial charge in [0.15, 0.2) is 11.6 Å². The molecule has 0 fully saturated rings. The van der Waals surface area contributed by atoms with Gasteiger partial charge in [-0.1, -0.05) is 0 Å². The zero-order valence-electron chi connectivity index (χ0n) is 10.6. The first kappa shape index (κ1) is 13.0. The molecule has 100 valence electrons. The molecule has 2 heterocycles. The SMILES string of the molecule is CC(C)n1ncnc1COc1cnccc1C(=O)O. The van der Waals surface area contributed by atoms with Gasteiger partial charge >= 0.3 is 5.97 Å². The number of pyridine rings is 1. The Bertz CT molecular complexity index is 580. The molecule has 2 aromatic rings. The van der Waals surface area contributed by atoms with Gasteiger partial charge in [-0.2, -0.15) is 5.10 Å². The van der Waals surface area contributed by atoms with Gasteiger partial charge in [-0.25, -0.2) is 14.5 Å². The molecule has 0 aliphatic carbocycles. The van der Waals surface area contributed by atoms with Crippen molar-refractivity contribution in [2.45, 2.75) is 26.5 Å². The summed E-state index contributed by atoms with van der Waals surface area (Å²) in [5.74, 6) is -0.203. The van der Waals surface area contributed by atoms with E-state index in [2.05, 4.69) is 15.1 Å². The van der Waals surface area contributed by atoms with Gasteiger partial charge in [0.05, 0.1) is 6.20 Å². The molecule has 0 bridgehead atoms. The first-order valence-corrected chi connectivity index (χ1v) is 5.78. The Kier molecular flexibility index (Phi) is 3.74. The molecular weight excluding hydrogens is 248 g/mol. The predicted octanol–water partition coefficient (Wildman–Crippen LogP) is 1.53. The van der Waals surface area contributed by atoms with Gasteiger partial charge in [-0.05, 0) is 19.9 Å². The summed E-state index contributed by atoms with van der Waals surface area (Å²) in [6, 6.07) is 1.55. The third-order valence-electron chi connectivity index (χ3n) is 2.51. The van der Waals surface area contributed by atoms with Gasteiger partial charge < -0.3 is 9.84 Å². The number of aromatic nitrogens is 4. The molecule has 2 rings (SSSR count). The van der Waals surface area contributed by atoms with Crippen molar-refractivity contribution in [2.24, 2.45) is 0 Å². The number of ether oxygens (including phenoxy) is 1. The van der Waals surface area contributed by atoms with Crippen LogP contribution in [0.2, 0.25) is 0 Å². The molecule has 7 nitrogen and oxygen atoms in total. The molecule has 0 spiro atoms. The van der Waals surface area contributed by atoms with Crippen molar-refractivity contribution >= 4 is 5.97 Å². The van der Waals surface area contributed by atoms with Crippen molar-refractivity contribution in [1.82, 2.24) is 19.7 Å². The highest BCUT2D eigenvalue weighted by Crippen LogP contribution is 2.18. The second kappa shape index (κ2) is 5.47. The highest BCUT2D eigenvalue weighted by Gasteiger charge is 2.13. The predicted molar refractivity (Wildman–Crippen MR) is 65.9 cm³/mol.